The number of rotatable bonds is 10. The molecule has 2 aromatic carbocycles. The Morgan fingerprint density at radius 2 is 1.89 bits per heavy atom. The molecule has 0 radical (unpaired) electrons. The molecule has 2 heterocycles. The average Bonchev–Trinajstić information content (AvgIpc) is 3.11. The lowest BCUT2D eigenvalue weighted by Gasteiger charge is -2.26. The van der Waals surface area contributed by atoms with Crippen molar-refractivity contribution in [1.82, 2.24) is 9.80 Å². The fraction of sp³-hybridized carbons (Fsp3) is 0.407. The quantitative estimate of drug-likeness (QED) is 0.393. The van der Waals surface area contributed by atoms with Crippen LogP contribution in [0.5, 0.6) is 11.5 Å². The van der Waals surface area contributed by atoms with Gasteiger partial charge in [0.2, 0.25) is 5.76 Å². The molecule has 7 nitrogen and oxygen atoms in total. The number of nitrogens with zero attached hydrogens (tertiary/aromatic N) is 2. The zero-order valence-electron chi connectivity index (χ0n) is 20.6. The van der Waals surface area contributed by atoms with Crippen molar-refractivity contribution in [1.29, 1.82) is 0 Å². The average molecular weight is 483 g/mol. The highest BCUT2D eigenvalue weighted by Gasteiger charge is 2.42. The lowest BCUT2D eigenvalue weighted by atomic mass is 9.98. The zero-order chi connectivity index (χ0) is 25.1. The Hall–Kier alpha value is -3.39. The molecule has 0 saturated carbocycles. The Kier molecular flexibility index (Phi) is 7.40. The van der Waals surface area contributed by atoms with Crippen LogP contribution in [-0.2, 0) is 0 Å². The summed E-state index contributed by atoms with van der Waals surface area (Å²) in [6, 6.07) is 8.51. The second kappa shape index (κ2) is 10.5. The highest BCUT2D eigenvalue weighted by atomic mass is 19.1. The third kappa shape index (κ3) is 4.89. The van der Waals surface area contributed by atoms with Crippen LogP contribution in [0.3, 0.4) is 0 Å². The second-order valence-corrected chi connectivity index (χ2v) is 8.98. The van der Waals surface area contributed by atoms with Crippen molar-refractivity contribution in [2.24, 2.45) is 0 Å². The topological polar surface area (TPSA) is 72.2 Å². The van der Waals surface area contributed by atoms with Crippen LogP contribution in [0.25, 0.3) is 11.0 Å². The van der Waals surface area contributed by atoms with Crippen LogP contribution in [0.2, 0.25) is 0 Å². The molecule has 1 aliphatic rings. The van der Waals surface area contributed by atoms with Crippen molar-refractivity contribution in [2.75, 3.05) is 40.9 Å². The second-order valence-electron chi connectivity index (χ2n) is 8.98. The minimum absolute atomic E-state index is 0.00574. The van der Waals surface area contributed by atoms with Crippen LogP contribution >= 0.6 is 0 Å². The molecule has 1 amide bonds. The maximum atomic E-state index is 14.0. The van der Waals surface area contributed by atoms with Gasteiger partial charge in [-0.2, -0.15) is 0 Å². The van der Waals surface area contributed by atoms with Gasteiger partial charge < -0.3 is 23.7 Å². The first-order valence-corrected chi connectivity index (χ1v) is 11.9. The summed E-state index contributed by atoms with van der Waals surface area (Å²) in [5.41, 5.74) is 0.704. The largest absolute Gasteiger partial charge is 0.493 e. The third-order valence-corrected chi connectivity index (χ3v) is 6.19. The molecule has 35 heavy (non-hydrogen) atoms. The van der Waals surface area contributed by atoms with Gasteiger partial charge in [0.1, 0.15) is 11.4 Å². The maximum absolute atomic E-state index is 14.0. The molecule has 186 valence electrons. The Balaban J connectivity index is 1.82. The molecule has 8 heteroatoms. The van der Waals surface area contributed by atoms with Gasteiger partial charge in [0, 0.05) is 6.54 Å². The standard InChI is InChI=1S/C27H31FN2O5/c1-5-6-14-34-21-10-8-17(15-22(21)33-4)24-23-25(31)19-16-18(28)9-11-20(19)35-26(23)27(32)30(24)13-7-12-29(2)3/h8-11,15-16,24H,5-7,12-14H2,1-4H3/t24-/m0/s1. The number of carbonyl (C=O) groups is 1. The normalized spacial score (nSPS) is 15.2. The fourth-order valence-corrected chi connectivity index (χ4v) is 4.43. The number of benzene rings is 2. The van der Waals surface area contributed by atoms with Gasteiger partial charge >= 0.3 is 0 Å². The molecule has 1 atom stereocenters. The van der Waals surface area contributed by atoms with Gasteiger partial charge in [-0.25, -0.2) is 4.39 Å². The van der Waals surface area contributed by atoms with E-state index in [9.17, 15) is 14.0 Å². The van der Waals surface area contributed by atoms with E-state index in [-0.39, 0.29) is 28.2 Å². The lowest BCUT2D eigenvalue weighted by Crippen LogP contribution is -2.32. The first-order chi connectivity index (χ1) is 16.8. The van der Waals surface area contributed by atoms with E-state index >= 15 is 0 Å². The molecule has 0 N–H and O–H groups in total. The van der Waals surface area contributed by atoms with E-state index in [1.165, 1.54) is 12.1 Å². The number of hydrogen-bond donors (Lipinski definition) is 0. The Bertz CT molecular complexity index is 1290. The molecular formula is C27H31FN2O5. The number of carbonyl (C=O) groups excluding carboxylic acids is 1. The van der Waals surface area contributed by atoms with Gasteiger partial charge in [-0.3, -0.25) is 9.59 Å². The van der Waals surface area contributed by atoms with Crippen LogP contribution < -0.4 is 14.9 Å². The van der Waals surface area contributed by atoms with Gasteiger partial charge in [-0.15, -0.1) is 0 Å². The predicted molar refractivity (Wildman–Crippen MR) is 132 cm³/mol. The molecule has 0 bridgehead atoms. The van der Waals surface area contributed by atoms with E-state index in [0.717, 1.165) is 25.5 Å². The summed E-state index contributed by atoms with van der Waals surface area (Å²) < 4.78 is 31.3. The number of hydrogen-bond acceptors (Lipinski definition) is 6. The van der Waals surface area contributed by atoms with Gasteiger partial charge in [0.05, 0.1) is 30.7 Å². The van der Waals surface area contributed by atoms with Crippen molar-refractivity contribution in [3.05, 3.63) is 69.3 Å². The smallest absolute Gasteiger partial charge is 0.290 e. The van der Waals surface area contributed by atoms with Gasteiger partial charge in [0.25, 0.3) is 5.91 Å². The predicted octanol–water partition coefficient (Wildman–Crippen LogP) is 4.62. The molecule has 0 fully saturated rings. The first-order valence-electron chi connectivity index (χ1n) is 11.9. The fourth-order valence-electron chi connectivity index (χ4n) is 4.43. The van der Waals surface area contributed by atoms with E-state index in [1.54, 1.807) is 24.1 Å². The molecule has 1 aliphatic heterocycles. The van der Waals surface area contributed by atoms with Gasteiger partial charge in [0.15, 0.2) is 16.9 Å². The summed E-state index contributed by atoms with van der Waals surface area (Å²) in [5, 5.41) is 0.114. The van der Waals surface area contributed by atoms with E-state index in [2.05, 4.69) is 6.92 Å². The van der Waals surface area contributed by atoms with Gasteiger partial charge in [-0.05, 0) is 69.4 Å². The van der Waals surface area contributed by atoms with E-state index in [1.807, 2.05) is 25.1 Å². The number of unbranched alkanes of at least 4 members (excludes halogenated alkanes) is 1. The number of fused-ring (bicyclic) bond motifs is 2. The number of ether oxygens (including phenoxy) is 2. The van der Waals surface area contributed by atoms with Gasteiger partial charge in [-0.1, -0.05) is 19.4 Å². The molecule has 0 saturated heterocycles. The van der Waals surface area contributed by atoms with Crippen LogP contribution in [0.15, 0.2) is 45.6 Å². The van der Waals surface area contributed by atoms with Crippen molar-refractivity contribution >= 4 is 16.9 Å². The van der Waals surface area contributed by atoms with Crippen molar-refractivity contribution in [3.63, 3.8) is 0 Å². The Morgan fingerprint density at radius 1 is 1.09 bits per heavy atom. The summed E-state index contributed by atoms with van der Waals surface area (Å²) in [6.07, 6.45) is 2.63. The van der Waals surface area contributed by atoms with Crippen LogP contribution in [0.4, 0.5) is 4.39 Å². The minimum Gasteiger partial charge on any atom is -0.493 e. The maximum Gasteiger partial charge on any atom is 0.290 e. The van der Waals surface area contributed by atoms with Crippen molar-refractivity contribution in [3.8, 4) is 11.5 Å². The highest BCUT2D eigenvalue weighted by Crippen LogP contribution is 2.41. The monoisotopic (exact) mass is 482 g/mol. The summed E-state index contributed by atoms with van der Waals surface area (Å²) in [4.78, 5) is 30.7. The molecular weight excluding hydrogens is 451 g/mol. The van der Waals surface area contributed by atoms with E-state index in [4.69, 9.17) is 13.9 Å². The summed E-state index contributed by atoms with van der Waals surface area (Å²) in [5.74, 6) is 0.231. The Labute approximate surface area is 204 Å². The molecule has 1 aromatic heterocycles. The third-order valence-electron chi connectivity index (χ3n) is 6.19. The Morgan fingerprint density at radius 3 is 2.60 bits per heavy atom. The SMILES string of the molecule is CCCCOc1ccc([C@H]2c3c(oc4ccc(F)cc4c3=O)C(=O)N2CCCN(C)C)cc1OC. The molecule has 0 spiro atoms. The molecule has 3 aromatic rings. The van der Waals surface area contributed by atoms with Crippen molar-refractivity contribution < 1.29 is 23.1 Å². The lowest BCUT2D eigenvalue weighted by molar-refractivity contribution is 0.0722. The number of halogens is 1. The van der Waals surface area contributed by atoms with Crippen LogP contribution in [-0.4, -0.2) is 56.6 Å². The van der Waals surface area contributed by atoms with E-state index < -0.39 is 17.3 Å². The molecule has 0 unspecified atom stereocenters. The summed E-state index contributed by atoms with van der Waals surface area (Å²) >= 11 is 0. The summed E-state index contributed by atoms with van der Waals surface area (Å²) in [7, 11) is 5.48. The van der Waals surface area contributed by atoms with E-state index in [0.29, 0.717) is 36.6 Å². The number of methoxy groups -OCH3 is 1. The zero-order valence-corrected chi connectivity index (χ0v) is 20.6. The molecule has 0 aliphatic carbocycles. The summed E-state index contributed by atoms with van der Waals surface area (Å²) in [6.45, 7) is 3.85. The van der Waals surface area contributed by atoms with Crippen molar-refractivity contribution in [2.45, 2.75) is 32.2 Å². The highest BCUT2D eigenvalue weighted by molar-refractivity contribution is 5.99. The first kappa shape index (κ1) is 24.7. The van der Waals surface area contributed by atoms with Crippen LogP contribution in [0.1, 0.15) is 53.9 Å². The molecule has 4 rings (SSSR count). The number of amides is 1. The van der Waals surface area contributed by atoms with Crippen LogP contribution in [0, 0.1) is 5.82 Å². The minimum atomic E-state index is -0.679.